The largest absolute Gasteiger partial charge is 0.311 e. The first kappa shape index (κ1) is 15.1. The Labute approximate surface area is 123 Å². The molecule has 20 heavy (non-hydrogen) atoms. The van der Waals surface area contributed by atoms with E-state index in [9.17, 15) is 0 Å². The first-order chi connectivity index (χ1) is 9.56. The molecule has 0 aliphatic rings. The van der Waals surface area contributed by atoms with Crippen molar-refractivity contribution in [3.05, 3.63) is 48.0 Å². The minimum atomic E-state index is 0.536. The quantitative estimate of drug-likeness (QED) is 0.794. The molecule has 0 heterocycles. The van der Waals surface area contributed by atoms with Gasteiger partial charge in [-0.25, -0.2) is 0 Å². The summed E-state index contributed by atoms with van der Waals surface area (Å²) in [6, 6.07) is 16.4. The van der Waals surface area contributed by atoms with Crippen LogP contribution in [0.5, 0.6) is 0 Å². The molecular formula is C19H27N. The lowest BCUT2D eigenvalue weighted by Gasteiger charge is -2.24. The van der Waals surface area contributed by atoms with Crippen LogP contribution in [0.2, 0.25) is 0 Å². The Kier molecular flexibility index (Phi) is 5.19. The highest BCUT2D eigenvalue weighted by Crippen LogP contribution is 2.21. The predicted molar refractivity (Wildman–Crippen MR) is 89.2 cm³/mol. The molecule has 108 valence electrons. The average molecular weight is 269 g/mol. The molecule has 2 aromatic rings. The molecule has 0 amide bonds. The predicted octanol–water partition coefficient (Wildman–Crippen LogP) is 4.80. The van der Waals surface area contributed by atoms with Crippen LogP contribution in [0.15, 0.2) is 42.5 Å². The van der Waals surface area contributed by atoms with E-state index in [1.54, 1.807) is 0 Å². The highest BCUT2D eigenvalue weighted by atomic mass is 14.9. The van der Waals surface area contributed by atoms with Gasteiger partial charge < -0.3 is 5.32 Å². The van der Waals surface area contributed by atoms with Crippen LogP contribution in [0, 0.1) is 5.92 Å². The van der Waals surface area contributed by atoms with Gasteiger partial charge in [-0.05, 0) is 35.1 Å². The van der Waals surface area contributed by atoms with Crippen LogP contribution < -0.4 is 5.32 Å². The van der Waals surface area contributed by atoms with Gasteiger partial charge in [-0.3, -0.25) is 0 Å². The molecule has 0 radical (unpaired) electrons. The van der Waals surface area contributed by atoms with Crippen LogP contribution in [0.1, 0.15) is 39.7 Å². The van der Waals surface area contributed by atoms with Gasteiger partial charge in [0.1, 0.15) is 0 Å². The summed E-state index contributed by atoms with van der Waals surface area (Å²) in [6.07, 6.45) is 2.33. The van der Waals surface area contributed by atoms with E-state index >= 15 is 0 Å². The molecule has 0 aliphatic carbocycles. The number of rotatable bonds is 6. The molecule has 1 nitrogen and oxygen atoms in total. The van der Waals surface area contributed by atoms with Crippen molar-refractivity contribution in [1.29, 1.82) is 0 Å². The fourth-order valence-corrected chi connectivity index (χ4v) is 2.99. The Balaban J connectivity index is 2.23. The minimum absolute atomic E-state index is 0.536. The summed E-state index contributed by atoms with van der Waals surface area (Å²) in [5, 5.41) is 6.47. The molecule has 0 fully saturated rings. The fourth-order valence-electron chi connectivity index (χ4n) is 2.99. The standard InChI is InChI=1S/C19H27N/c1-14(2)12-18(20-15(3)4)13-17-10-7-9-16-8-5-6-11-19(16)17/h5-11,14-15,18,20H,12-13H2,1-4H3/t18-/m1/s1. The molecule has 1 atom stereocenters. The lowest BCUT2D eigenvalue weighted by Crippen LogP contribution is -2.37. The summed E-state index contributed by atoms with van der Waals surface area (Å²) in [5.41, 5.74) is 1.46. The third-order valence-electron chi connectivity index (χ3n) is 3.67. The molecule has 0 saturated heterocycles. The van der Waals surface area contributed by atoms with Gasteiger partial charge in [0.05, 0.1) is 0 Å². The lowest BCUT2D eigenvalue weighted by molar-refractivity contribution is 0.389. The van der Waals surface area contributed by atoms with Gasteiger partial charge in [0, 0.05) is 12.1 Å². The Morgan fingerprint density at radius 2 is 1.60 bits per heavy atom. The van der Waals surface area contributed by atoms with Gasteiger partial charge in [0.15, 0.2) is 0 Å². The number of hydrogen-bond donors (Lipinski definition) is 1. The second-order valence-corrected chi connectivity index (χ2v) is 6.49. The van der Waals surface area contributed by atoms with Gasteiger partial charge in [0.25, 0.3) is 0 Å². The van der Waals surface area contributed by atoms with Gasteiger partial charge in [-0.1, -0.05) is 70.2 Å². The smallest absolute Gasteiger partial charge is 0.0112 e. The van der Waals surface area contributed by atoms with E-state index in [0.717, 1.165) is 12.3 Å². The van der Waals surface area contributed by atoms with Crippen molar-refractivity contribution in [2.75, 3.05) is 0 Å². The van der Waals surface area contributed by atoms with Crippen molar-refractivity contribution in [2.24, 2.45) is 5.92 Å². The maximum atomic E-state index is 3.72. The molecule has 0 unspecified atom stereocenters. The number of nitrogens with one attached hydrogen (secondary N) is 1. The average Bonchev–Trinajstić information content (AvgIpc) is 2.37. The number of hydrogen-bond acceptors (Lipinski definition) is 1. The van der Waals surface area contributed by atoms with Gasteiger partial charge in [-0.15, -0.1) is 0 Å². The molecule has 0 bridgehead atoms. The van der Waals surface area contributed by atoms with Gasteiger partial charge in [-0.2, -0.15) is 0 Å². The van der Waals surface area contributed by atoms with E-state index in [1.165, 1.54) is 22.8 Å². The van der Waals surface area contributed by atoms with E-state index in [0.29, 0.717) is 12.1 Å². The summed E-state index contributed by atoms with van der Waals surface area (Å²) in [6.45, 7) is 9.07. The Bertz CT molecular complexity index is 527. The molecule has 0 aliphatic heterocycles. The summed E-state index contributed by atoms with van der Waals surface area (Å²) in [7, 11) is 0. The van der Waals surface area contributed by atoms with E-state index in [2.05, 4.69) is 75.5 Å². The summed E-state index contributed by atoms with van der Waals surface area (Å²) in [4.78, 5) is 0. The van der Waals surface area contributed by atoms with Crippen molar-refractivity contribution < 1.29 is 0 Å². The molecule has 2 aromatic carbocycles. The molecule has 1 N–H and O–H groups in total. The zero-order valence-corrected chi connectivity index (χ0v) is 13.2. The van der Waals surface area contributed by atoms with E-state index in [-0.39, 0.29) is 0 Å². The van der Waals surface area contributed by atoms with Crippen LogP contribution in [-0.4, -0.2) is 12.1 Å². The molecule has 2 rings (SSSR count). The highest BCUT2D eigenvalue weighted by Gasteiger charge is 2.14. The Hall–Kier alpha value is -1.34. The monoisotopic (exact) mass is 269 g/mol. The number of benzene rings is 2. The lowest BCUT2D eigenvalue weighted by atomic mass is 9.93. The third kappa shape index (κ3) is 4.08. The third-order valence-corrected chi connectivity index (χ3v) is 3.67. The number of fused-ring (bicyclic) bond motifs is 1. The summed E-state index contributed by atoms with van der Waals surface area (Å²) < 4.78 is 0. The van der Waals surface area contributed by atoms with Crippen molar-refractivity contribution in [1.82, 2.24) is 5.32 Å². The van der Waals surface area contributed by atoms with Crippen LogP contribution in [-0.2, 0) is 6.42 Å². The summed E-state index contributed by atoms with van der Waals surface area (Å²) >= 11 is 0. The van der Waals surface area contributed by atoms with E-state index < -0.39 is 0 Å². The van der Waals surface area contributed by atoms with Crippen LogP contribution >= 0.6 is 0 Å². The second-order valence-electron chi connectivity index (χ2n) is 6.49. The molecular weight excluding hydrogens is 242 g/mol. The maximum Gasteiger partial charge on any atom is 0.0112 e. The van der Waals surface area contributed by atoms with Crippen molar-refractivity contribution in [3.63, 3.8) is 0 Å². The zero-order valence-electron chi connectivity index (χ0n) is 13.2. The minimum Gasteiger partial charge on any atom is -0.311 e. The van der Waals surface area contributed by atoms with Crippen LogP contribution in [0.25, 0.3) is 10.8 Å². The second kappa shape index (κ2) is 6.90. The van der Waals surface area contributed by atoms with Crippen molar-refractivity contribution >= 4 is 10.8 Å². The molecule has 0 aromatic heterocycles. The molecule has 0 spiro atoms. The van der Waals surface area contributed by atoms with E-state index in [4.69, 9.17) is 0 Å². The van der Waals surface area contributed by atoms with E-state index in [1.807, 2.05) is 0 Å². The molecule has 0 saturated carbocycles. The van der Waals surface area contributed by atoms with Crippen LogP contribution in [0.3, 0.4) is 0 Å². The first-order valence-electron chi connectivity index (χ1n) is 7.79. The van der Waals surface area contributed by atoms with Gasteiger partial charge in [0.2, 0.25) is 0 Å². The topological polar surface area (TPSA) is 12.0 Å². The first-order valence-corrected chi connectivity index (χ1v) is 7.79. The SMILES string of the molecule is CC(C)C[C@H](Cc1cccc2ccccc12)NC(C)C. The van der Waals surface area contributed by atoms with Gasteiger partial charge >= 0.3 is 0 Å². The normalized spacial score (nSPS) is 13.3. The molecule has 1 heteroatoms. The van der Waals surface area contributed by atoms with Crippen LogP contribution in [0.4, 0.5) is 0 Å². The summed E-state index contributed by atoms with van der Waals surface area (Å²) in [5.74, 6) is 0.723. The maximum absolute atomic E-state index is 3.72. The highest BCUT2D eigenvalue weighted by molar-refractivity contribution is 5.85. The van der Waals surface area contributed by atoms with Crippen molar-refractivity contribution in [3.8, 4) is 0 Å². The Morgan fingerprint density at radius 1 is 0.900 bits per heavy atom. The Morgan fingerprint density at radius 3 is 2.30 bits per heavy atom. The zero-order chi connectivity index (χ0) is 14.5. The fraction of sp³-hybridized carbons (Fsp3) is 0.474. The van der Waals surface area contributed by atoms with Crippen molar-refractivity contribution in [2.45, 2.75) is 52.6 Å².